The molecule has 1 aromatic heterocycles. The van der Waals surface area contributed by atoms with E-state index in [0.29, 0.717) is 31.7 Å². The van der Waals surface area contributed by atoms with Gasteiger partial charge in [-0.05, 0) is 19.9 Å². The molecule has 1 saturated heterocycles. The Morgan fingerprint density at radius 1 is 1.19 bits per heavy atom. The highest BCUT2D eigenvalue weighted by atomic mass is 32.2. The standard InChI is InChI=1S/C13H22N4O3S/c1-10-9-12(11(2)14-10)13(18)16-5-7-17(8-6-16)21(19,20)15(3)4/h9,14H,5-8H2,1-4H3. The van der Waals surface area contributed by atoms with E-state index in [1.165, 1.54) is 22.7 Å². The minimum Gasteiger partial charge on any atom is -0.362 e. The molecular weight excluding hydrogens is 292 g/mol. The van der Waals surface area contributed by atoms with E-state index in [-0.39, 0.29) is 5.91 Å². The minimum atomic E-state index is -3.40. The average Bonchev–Trinajstić information content (AvgIpc) is 2.77. The molecule has 1 aromatic rings. The van der Waals surface area contributed by atoms with E-state index < -0.39 is 10.2 Å². The zero-order valence-corrected chi connectivity index (χ0v) is 13.7. The van der Waals surface area contributed by atoms with Crippen molar-refractivity contribution in [1.29, 1.82) is 0 Å². The van der Waals surface area contributed by atoms with E-state index >= 15 is 0 Å². The Labute approximate surface area is 125 Å². The molecule has 2 rings (SSSR count). The fraction of sp³-hybridized carbons (Fsp3) is 0.615. The minimum absolute atomic E-state index is 0.0428. The Morgan fingerprint density at radius 3 is 2.19 bits per heavy atom. The molecule has 0 aliphatic carbocycles. The van der Waals surface area contributed by atoms with Gasteiger partial charge in [0, 0.05) is 51.7 Å². The summed E-state index contributed by atoms with van der Waals surface area (Å²) >= 11 is 0. The highest BCUT2D eigenvalue weighted by Gasteiger charge is 2.31. The quantitative estimate of drug-likeness (QED) is 0.865. The van der Waals surface area contributed by atoms with Crippen molar-refractivity contribution < 1.29 is 13.2 Å². The molecule has 21 heavy (non-hydrogen) atoms. The van der Waals surface area contributed by atoms with Crippen LogP contribution >= 0.6 is 0 Å². The summed E-state index contributed by atoms with van der Waals surface area (Å²) in [6.07, 6.45) is 0. The fourth-order valence-electron chi connectivity index (χ4n) is 2.47. The summed E-state index contributed by atoms with van der Waals surface area (Å²) in [5.41, 5.74) is 2.46. The summed E-state index contributed by atoms with van der Waals surface area (Å²) < 4.78 is 26.7. The Kier molecular flexibility index (Phi) is 4.40. The van der Waals surface area contributed by atoms with Gasteiger partial charge in [-0.3, -0.25) is 4.79 Å². The van der Waals surface area contributed by atoms with Gasteiger partial charge in [-0.15, -0.1) is 0 Å². The monoisotopic (exact) mass is 314 g/mol. The second kappa shape index (κ2) is 5.78. The predicted molar refractivity (Wildman–Crippen MR) is 80.4 cm³/mol. The molecule has 0 saturated carbocycles. The maximum Gasteiger partial charge on any atom is 0.281 e. The lowest BCUT2D eigenvalue weighted by atomic mass is 10.2. The van der Waals surface area contributed by atoms with Gasteiger partial charge in [-0.25, -0.2) is 0 Å². The third kappa shape index (κ3) is 3.12. The largest absolute Gasteiger partial charge is 0.362 e. The molecular formula is C13H22N4O3S. The van der Waals surface area contributed by atoms with Crippen molar-refractivity contribution in [2.75, 3.05) is 40.3 Å². The highest BCUT2D eigenvalue weighted by molar-refractivity contribution is 7.86. The number of rotatable bonds is 3. The maximum absolute atomic E-state index is 12.5. The molecule has 1 fully saturated rings. The molecule has 1 aliphatic rings. The third-order valence-corrected chi connectivity index (χ3v) is 5.63. The number of amides is 1. The van der Waals surface area contributed by atoms with Crippen molar-refractivity contribution in [3.63, 3.8) is 0 Å². The van der Waals surface area contributed by atoms with Gasteiger partial charge in [0.1, 0.15) is 0 Å². The van der Waals surface area contributed by atoms with E-state index in [2.05, 4.69) is 4.98 Å². The molecule has 0 atom stereocenters. The second-order valence-electron chi connectivity index (χ2n) is 5.47. The lowest BCUT2D eigenvalue weighted by molar-refractivity contribution is 0.0694. The summed E-state index contributed by atoms with van der Waals surface area (Å²) in [6.45, 7) is 5.26. The fourth-order valence-corrected chi connectivity index (χ4v) is 3.56. The Hall–Kier alpha value is -1.38. The average molecular weight is 314 g/mol. The number of piperazine rings is 1. The SMILES string of the molecule is Cc1cc(C(=O)N2CCN(S(=O)(=O)N(C)C)CC2)c(C)[nH]1. The first kappa shape index (κ1) is 16.0. The van der Waals surface area contributed by atoms with Crippen LogP contribution in [0.1, 0.15) is 21.7 Å². The second-order valence-corrected chi connectivity index (χ2v) is 7.61. The summed E-state index contributed by atoms with van der Waals surface area (Å²) in [5.74, 6) is -0.0428. The van der Waals surface area contributed by atoms with Crippen molar-refractivity contribution in [3.05, 3.63) is 23.0 Å². The van der Waals surface area contributed by atoms with Crippen molar-refractivity contribution in [3.8, 4) is 0 Å². The van der Waals surface area contributed by atoms with Crippen LogP contribution in [-0.4, -0.2) is 73.1 Å². The highest BCUT2D eigenvalue weighted by Crippen LogP contribution is 2.16. The molecule has 1 aliphatic heterocycles. The molecule has 1 amide bonds. The summed E-state index contributed by atoms with van der Waals surface area (Å²) in [5, 5.41) is 0. The van der Waals surface area contributed by atoms with Gasteiger partial charge in [0.05, 0.1) is 5.56 Å². The number of H-pyrrole nitrogens is 1. The van der Waals surface area contributed by atoms with Gasteiger partial charge < -0.3 is 9.88 Å². The van der Waals surface area contributed by atoms with Crippen LogP contribution in [0.15, 0.2) is 6.07 Å². The van der Waals surface area contributed by atoms with Crippen LogP contribution in [0.4, 0.5) is 0 Å². The van der Waals surface area contributed by atoms with Crippen molar-refractivity contribution in [1.82, 2.24) is 18.5 Å². The number of nitrogens with one attached hydrogen (secondary N) is 1. The molecule has 0 unspecified atom stereocenters. The van der Waals surface area contributed by atoms with Crippen LogP contribution < -0.4 is 0 Å². The molecule has 118 valence electrons. The molecule has 0 spiro atoms. The topological polar surface area (TPSA) is 76.7 Å². The van der Waals surface area contributed by atoms with Crippen LogP contribution in [0.2, 0.25) is 0 Å². The Morgan fingerprint density at radius 2 is 1.76 bits per heavy atom. The van der Waals surface area contributed by atoms with Crippen LogP contribution in [0.5, 0.6) is 0 Å². The van der Waals surface area contributed by atoms with Gasteiger partial charge in [0.25, 0.3) is 16.1 Å². The van der Waals surface area contributed by atoms with E-state index in [0.717, 1.165) is 11.4 Å². The first-order valence-corrected chi connectivity index (χ1v) is 8.26. The van der Waals surface area contributed by atoms with Gasteiger partial charge in [0.15, 0.2) is 0 Å². The van der Waals surface area contributed by atoms with Crippen molar-refractivity contribution in [2.45, 2.75) is 13.8 Å². The van der Waals surface area contributed by atoms with Gasteiger partial charge in [-0.1, -0.05) is 0 Å². The van der Waals surface area contributed by atoms with Crippen LogP contribution in [0.3, 0.4) is 0 Å². The van der Waals surface area contributed by atoms with Crippen LogP contribution in [-0.2, 0) is 10.2 Å². The molecule has 7 nitrogen and oxygen atoms in total. The maximum atomic E-state index is 12.5. The van der Waals surface area contributed by atoms with Crippen molar-refractivity contribution in [2.24, 2.45) is 0 Å². The Balaban J connectivity index is 2.05. The smallest absolute Gasteiger partial charge is 0.281 e. The first-order chi connectivity index (χ1) is 9.73. The number of aryl methyl sites for hydroxylation is 2. The zero-order valence-electron chi connectivity index (χ0n) is 12.9. The molecule has 0 aromatic carbocycles. The summed E-state index contributed by atoms with van der Waals surface area (Å²) in [6, 6.07) is 1.83. The number of aromatic nitrogens is 1. The number of carbonyl (C=O) groups excluding carboxylic acids is 1. The van der Waals surface area contributed by atoms with Crippen LogP contribution in [0, 0.1) is 13.8 Å². The van der Waals surface area contributed by atoms with Gasteiger partial charge in [-0.2, -0.15) is 17.0 Å². The van der Waals surface area contributed by atoms with E-state index in [1.807, 2.05) is 19.9 Å². The first-order valence-electron chi connectivity index (χ1n) is 6.86. The zero-order chi connectivity index (χ0) is 15.8. The number of carbonyl (C=O) groups is 1. The molecule has 0 bridgehead atoms. The lowest BCUT2D eigenvalue weighted by Crippen LogP contribution is -2.53. The van der Waals surface area contributed by atoms with Gasteiger partial charge in [0.2, 0.25) is 0 Å². The summed E-state index contributed by atoms with van der Waals surface area (Å²) in [7, 11) is -0.370. The lowest BCUT2D eigenvalue weighted by Gasteiger charge is -2.35. The van der Waals surface area contributed by atoms with E-state index in [4.69, 9.17) is 0 Å². The van der Waals surface area contributed by atoms with Crippen LogP contribution in [0.25, 0.3) is 0 Å². The van der Waals surface area contributed by atoms with E-state index in [1.54, 1.807) is 4.90 Å². The predicted octanol–water partition coefficient (Wildman–Crippen LogP) is 0.196. The summed E-state index contributed by atoms with van der Waals surface area (Å²) in [4.78, 5) is 17.3. The number of nitrogens with zero attached hydrogens (tertiary/aromatic N) is 3. The molecule has 0 radical (unpaired) electrons. The number of hydrogen-bond donors (Lipinski definition) is 1. The van der Waals surface area contributed by atoms with E-state index in [9.17, 15) is 13.2 Å². The molecule has 1 N–H and O–H groups in total. The number of aromatic amines is 1. The van der Waals surface area contributed by atoms with Gasteiger partial charge >= 0.3 is 0 Å². The Bertz CT molecular complexity index is 628. The van der Waals surface area contributed by atoms with Crippen molar-refractivity contribution >= 4 is 16.1 Å². The normalized spacial score (nSPS) is 17.5. The molecule has 8 heteroatoms. The third-order valence-electron chi connectivity index (χ3n) is 3.69. The molecule has 2 heterocycles. The number of hydrogen-bond acceptors (Lipinski definition) is 3.